The number of aryl methyl sites for hydroxylation is 1. The fraction of sp³-hybridized carbons (Fsp3) is 0.455. The summed E-state index contributed by atoms with van der Waals surface area (Å²) in [4.78, 5) is 0. The number of hydrogen-bond donors (Lipinski definition) is 1. The minimum atomic E-state index is 0.574. The number of nitrogens with one attached hydrogen (secondary N) is 1. The monoisotopic (exact) mass is 247 g/mol. The van der Waals surface area contributed by atoms with Gasteiger partial charge in [0.15, 0.2) is 0 Å². The van der Waals surface area contributed by atoms with Crippen molar-refractivity contribution in [3.63, 3.8) is 0 Å². The fourth-order valence-corrected chi connectivity index (χ4v) is 2.10. The highest BCUT2D eigenvalue weighted by atomic mass is 35.5. The third kappa shape index (κ3) is 3.56. The van der Waals surface area contributed by atoms with Gasteiger partial charge in [0.1, 0.15) is 5.75 Å². The maximum absolute atomic E-state index is 6.02. The van der Waals surface area contributed by atoms with Gasteiger partial charge in [-0.05, 0) is 44.1 Å². The molecule has 84 valence electrons. The maximum Gasteiger partial charge on any atom is 0.140 e. The van der Waals surface area contributed by atoms with Gasteiger partial charge in [0.2, 0.25) is 0 Å². The minimum Gasteiger partial charge on any atom is -0.495 e. The highest BCUT2D eigenvalue weighted by Crippen LogP contribution is 2.32. The molecule has 0 atom stereocenters. The first-order valence-corrected chi connectivity index (χ1v) is 5.61. The zero-order valence-electron chi connectivity index (χ0n) is 8.94. The summed E-state index contributed by atoms with van der Waals surface area (Å²) in [5.74, 6) is 0.733. The Labute approximate surface area is 101 Å². The van der Waals surface area contributed by atoms with Crippen LogP contribution in [-0.4, -0.2) is 20.7 Å². The van der Waals surface area contributed by atoms with E-state index in [0.29, 0.717) is 10.0 Å². The summed E-state index contributed by atoms with van der Waals surface area (Å²) >= 11 is 12.0. The molecule has 1 N–H and O–H groups in total. The van der Waals surface area contributed by atoms with Crippen LogP contribution in [0.25, 0.3) is 0 Å². The summed E-state index contributed by atoms with van der Waals surface area (Å²) in [6, 6.07) is 3.60. The second-order valence-corrected chi connectivity index (χ2v) is 4.13. The van der Waals surface area contributed by atoms with Crippen LogP contribution in [0.3, 0.4) is 0 Å². The molecule has 0 aliphatic heterocycles. The average molecular weight is 248 g/mol. The van der Waals surface area contributed by atoms with E-state index < -0.39 is 0 Å². The molecule has 0 saturated carbocycles. The van der Waals surface area contributed by atoms with Crippen LogP contribution in [0.15, 0.2) is 12.1 Å². The molecule has 0 aromatic heterocycles. The van der Waals surface area contributed by atoms with E-state index in [-0.39, 0.29) is 0 Å². The molecule has 0 radical (unpaired) electrons. The van der Waals surface area contributed by atoms with Crippen molar-refractivity contribution >= 4 is 23.2 Å². The minimum absolute atomic E-state index is 0.574. The molecule has 0 heterocycles. The standard InChI is InChI=1S/C11H15Cl2NO/c1-14-5-3-4-8-6-9(12)7-10(13)11(8)15-2/h6-7,14H,3-5H2,1-2H3. The molecule has 0 unspecified atom stereocenters. The van der Waals surface area contributed by atoms with Crippen LogP contribution in [0.2, 0.25) is 10.0 Å². The van der Waals surface area contributed by atoms with E-state index in [0.717, 1.165) is 30.7 Å². The highest BCUT2D eigenvalue weighted by molar-refractivity contribution is 6.35. The van der Waals surface area contributed by atoms with Crippen molar-refractivity contribution in [2.75, 3.05) is 20.7 Å². The molecule has 0 fully saturated rings. The first kappa shape index (κ1) is 12.6. The Morgan fingerprint density at radius 3 is 2.67 bits per heavy atom. The lowest BCUT2D eigenvalue weighted by Crippen LogP contribution is -2.08. The highest BCUT2D eigenvalue weighted by Gasteiger charge is 2.09. The lowest BCUT2D eigenvalue weighted by atomic mass is 10.1. The molecule has 0 saturated heterocycles. The van der Waals surface area contributed by atoms with Gasteiger partial charge in [-0.1, -0.05) is 23.2 Å². The number of rotatable bonds is 5. The molecule has 0 aliphatic rings. The Bertz CT molecular complexity index is 329. The Kier molecular flexibility index (Phi) is 5.23. The summed E-state index contributed by atoms with van der Waals surface area (Å²) in [6.45, 7) is 0.966. The van der Waals surface area contributed by atoms with E-state index in [1.165, 1.54) is 0 Å². The number of methoxy groups -OCH3 is 1. The summed E-state index contributed by atoms with van der Waals surface area (Å²) in [7, 11) is 3.55. The summed E-state index contributed by atoms with van der Waals surface area (Å²) in [5.41, 5.74) is 1.06. The summed E-state index contributed by atoms with van der Waals surface area (Å²) in [6.07, 6.45) is 1.94. The second kappa shape index (κ2) is 6.21. The summed E-state index contributed by atoms with van der Waals surface area (Å²) in [5, 5.41) is 4.32. The zero-order valence-corrected chi connectivity index (χ0v) is 10.5. The van der Waals surface area contributed by atoms with Gasteiger partial charge in [0.05, 0.1) is 12.1 Å². The third-order valence-corrected chi connectivity index (χ3v) is 2.66. The Balaban J connectivity index is 2.84. The van der Waals surface area contributed by atoms with Gasteiger partial charge in [-0.3, -0.25) is 0 Å². The van der Waals surface area contributed by atoms with Crippen molar-refractivity contribution in [3.8, 4) is 5.75 Å². The number of hydrogen-bond acceptors (Lipinski definition) is 2. The van der Waals surface area contributed by atoms with Gasteiger partial charge in [0.25, 0.3) is 0 Å². The predicted octanol–water partition coefficient (Wildman–Crippen LogP) is 3.15. The molecule has 0 amide bonds. The second-order valence-electron chi connectivity index (χ2n) is 3.29. The lowest BCUT2D eigenvalue weighted by molar-refractivity contribution is 0.409. The molecule has 1 aromatic rings. The zero-order chi connectivity index (χ0) is 11.3. The molecule has 0 bridgehead atoms. The van der Waals surface area contributed by atoms with Crippen LogP contribution in [-0.2, 0) is 6.42 Å². The molecule has 2 nitrogen and oxygen atoms in total. The Hall–Kier alpha value is -0.440. The first-order valence-electron chi connectivity index (χ1n) is 4.85. The Morgan fingerprint density at radius 2 is 2.07 bits per heavy atom. The van der Waals surface area contributed by atoms with Crippen LogP contribution in [0, 0.1) is 0 Å². The van der Waals surface area contributed by atoms with Gasteiger partial charge >= 0.3 is 0 Å². The molecule has 0 spiro atoms. The maximum atomic E-state index is 6.02. The van der Waals surface area contributed by atoms with E-state index in [9.17, 15) is 0 Å². The van der Waals surface area contributed by atoms with Gasteiger partial charge < -0.3 is 10.1 Å². The molecular weight excluding hydrogens is 233 g/mol. The predicted molar refractivity (Wildman–Crippen MR) is 65.3 cm³/mol. The summed E-state index contributed by atoms with van der Waals surface area (Å²) < 4.78 is 5.25. The SMILES string of the molecule is CNCCCc1cc(Cl)cc(Cl)c1OC. The number of ether oxygens (including phenoxy) is 1. The van der Waals surface area contributed by atoms with Gasteiger partial charge in [-0.15, -0.1) is 0 Å². The van der Waals surface area contributed by atoms with Gasteiger partial charge in [0, 0.05) is 5.02 Å². The van der Waals surface area contributed by atoms with Gasteiger partial charge in [-0.2, -0.15) is 0 Å². The van der Waals surface area contributed by atoms with Crippen molar-refractivity contribution in [1.82, 2.24) is 5.32 Å². The largest absolute Gasteiger partial charge is 0.495 e. The molecule has 1 rings (SSSR count). The lowest BCUT2D eigenvalue weighted by Gasteiger charge is -2.10. The molecule has 0 aliphatic carbocycles. The van der Waals surface area contributed by atoms with E-state index in [1.54, 1.807) is 13.2 Å². The van der Waals surface area contributed by atoms with Crippen LogP contribution >= 0.6 is 23.2 Å². The van der Waals surface area contributed by atoms with E-state index >= 15 is 0 Å². The van der Waals surface area contributed by atoms with Crippen LogP contribution in [0.1, 0.15) is 12.0 Å². The number of halogens is 2. The smallest absolute Gasteiger partial charge is 0.140 e. The van der Waals surface area contributed by atoms with E-state index in [2.05, 4.69) is 5.32 Å². The van der Waals surface area contributed by atoms with E-state index in [1.807, 2.05) is 13.1 Å². The van der Waals surface area contributed by atoms with Crippen LogP contribution in [0.4, 0.5) is 0 Å². The van der Waals surface area contributed by atoms with Crippen LogP contribution in [0.5, 0.6) is 5.75 Å². The third-order valence-electron chi connectivity index (χ3n) is 2.16. The molecule has 15 heavy (non-hydrogen) atoms. The van der Waals surface area contributed by atoms with Crippen molar-refractivity contribution in [2.24, 2.45) is 0 Å². The number of benzene rings is 1. The average Bonchev–Trinajstić information content (AvgIpc) is 2.17. The normalized spacial score (nSPS) is 10.4. The van der Waals surface area contributed by atoms with Crippen molar-refractivity contribution in [1.29, 1.82) is 0 Å². The van der Waals surface area contributed by atoms with Crippen molar-refractivity contribution in [3.05, 3.63) is 27.7 Å². The van der Waals surface area contributed by atoms with Gasteiger partial charge in [-0.25, -0.2) is 0 Å². The topological polar surface area (TPSA) is 21.3 Å². The molecule has 4 heteroatoms. The van der Waals surface area contributed by atoms with E-state index in [4.69, 9.17) is 27.9 Å². The van der Waals surface area contributed by atoms with Crippen LogP contribution < -0.4 is 10.1 Å². The molecule has 1 aromatic carbocycles. The Morgan fingerprint density at radius 1 is 1.33 bits per heavy atom. The van der Waals surface area contributed by atoms with Crippen molar-refractivity contribution in [2.45, 2.75) is 12.8 Å². The first-order chi connectivity index (χ1) is 7.19. The quantitative estimate of drug-likeness (QED) is 0.808. The fourth-order valence-electron chi connectivity index (χ4n) is 1.48. The molecular formula is C11H15Cl2NO. The van der Waals surface area contributed by atoms with Crippen molar-refractivity contribution < 1.29 is 4.74 Å².